The van der Waals surface area contributed by atoms with E-state index in [4.69, 9.17) is 9.73 Å². The maximum absolute atomic E-state index is 5.09. The molecule has 1 aliphatic rings. The van der Waals surface area contributed by atoms with E-state index in [9.17, 15) is 0 Å². The van der Waals surface area contributed by atoms with Gasteiger partial charge in [-0.3, -0.25) is 4.99 Å². The predicted molar refractivity (Wildman–Crippen MR) is 116 cm³/mol. The van der Waals surface area contributed by atoms with E-state index < -0.39 is 0 Å². The van der Waals surface area contributed by atoms with Crippen molar-refractivity contribution in [2.75, 3.05) is 46.9 Å². The minimum absolute atomic E-state index is 0. The fourth-order valence-electron chi connectivity index (χ4n) is 2.84. The number of aliphatic imine (C=N–C) groups is 1. The normalized spacial score (nSPS) is 19.4. The largest absolute Gasteiger partial charge is 0.385 e. The first-order chi connectivity index (χ1) is 11.7. The second-order valence-corrected chi connectivity index (χ2v) is 6.41. The van der Waals surface area contributed by atoms with E-state index in [2.05, 4.69) is 59.8 Å². The molecular formula is C19H33IN4O. The van der Waals surface area contributed by atoms with Gasteiger partial charge < -0.3 is 20.3 Å². The van der Waals surface area contributed by atoms with Crippen molar-refractivity contribution >= 4 is 29.9 Å². The number of halogens is 1. The molecule has 0 spiro atoms. The van der Waals surface area contributed by atoms with Gasteiger partial charge in [-0.2, -0.15) is 0 Å². The Labute approximate surface area is 169 Å². The van der Waals surface area contributed by atoms with E-state index in [1.807, 2.05) is 0 Å². The number of nitrogens with zero attached hydrogens (tertiary/aromatic N) is 2. The topological polar surface area (TPSA) is 48.9 Å². The third-order valence-corrected chi connectivity index (χ3v) is 4.32. The van der Waals surface area contributed by atoms with Gasteiger partial charge in [-0.25, -0.2) is 0 Å². The van der Waals surface area contributed by atoms with Crippen LogP contribution in [0.4, 0.5) is 0 Å². The van der Waals surface area contributed by atoms with Gasteiger partial charge in [-0.05, 0) is 32.4 Å². The molecule has 1 aliphatic carbocycles. The number of hydrogen-bond donors (Lipinski definition) is 2. The number of benzene rings is 1. The summed E-state index contributed by atoms with van der Waals surface area (Å²) in [4.78, 5) is 7.01. The lowest BCUT2D eigenvalue weighted by Crippen LogP contribution is -2.39. The fraction of sp³-hybridized carbons (Fsp3) is 0.632. The fourth-order valence-corrected chi connectivity index (χ4v) is 2.84. The number of hydrogen-bond acceptors (Lipinski definition) is 3. The van der Waals surface area contributed by atoms with E-state index in [0.717, 1.165) is 45.2 Å². The lowest BCUT2D eigenvalue weighted by molar-refractivity contribution is 0.180. The average Bonchev–Trinajstić information content (AvgIpc) is 3.35. The van der Waals surface area contributed by atoms with Crippen LogP contribution in [0.25, 0.3) is 0 Å². The molecule has 0 saturated heterocycles. The third kappa shape index (κ3) is 8.37. The van der Waals surface area contributed by atoms with Gasteiger partial charge in [0.15, 0.2) is 5.96 Å². The summed E-state index contributed by atoms with van der Waals surface area (Å²) in [7, 11) is 3.89. The molecule has 1 saturated carbocycles. The molecule has 5 nitrogen and oxygen atoms in total. The minimum atomic E-state index is 0. The van der Waals surface area contributed by atoms with Crippen molar-refractivity contribution in [2.24, 2.45) is 4.99 Å². The highest BCUT2D eigenvalue weighted by molar-refractivity contribution is 14.0. The van der Waals surface area contributed by atoms with Crippen LogP contribution >= 0.6 is 24.0 Å². The first-order valence-electron chi connectivity index (χ1n) is 9.01. The number of nitrogens with one attached hydrogen (secondary N) is 2. The Hall–Kier alpha value is -0.860. The Morgan fingerprint density at radius 3 is 2.72 bits per heavy atom. The summed E-state index contributed by atoms with van der Waals surface area (Å²) in [6, 6.07) is 11.2. The highest BCUT2D eigenvalue weighted by Gasteiger charge is 2.38. The zero-order chi connectivity index (χ0) is 17.2. The summed E-state index contributed by atoms with van der Waals surface area (Å²) in [6.45, 7) is 6.63. The summed E-state index contributed by atoms with van der Waals surface area (Å²) < 4.78 is 5.09. The second-order valence-electron chi connectivity index (χ2n) is 6.41. The predicted octanol–water partition coefficient (Wildman–Crippen LogP) is 2.68. The molecule has 0 bridgehead atoms. The Kier molecular flexibility index (Phi) is 11.1. The molecule has 0 radical (unpaired) electrons. The molecule has 6 heteroatoms. The van der Waals surface area contributed by atoms with Crippen LogP contribution in [-0.2, 0) is 4.74 Å². The lowest BCUT2D eigenvalue weighted by atomic mass is 10.1. The van der Waals surface area contributed by atoms with Gasteiger partial charge in [0, 0.05) is 45.3 Å². The molecule has 2 N–H and O–H groups in total. The van der Waals surface area contributed by atoms with Crippen molar-refractivity contribution in [3.63, 3.8) is 0 Å². The van der Waals surface area contributed by atoms with Gasteiger partial charge in [0.25, 0.3) is 0 Å². The van der Waals surface area contributed by atoms with Crippen molar-refractivity contribution < 1.29 is 4.74 Å². The highest BCUT2D eigenvalue weighted by atomic mass is 127. The third-order valence-electron chi connectivity index (χ3n) is 4.32. The van der Waals surface area contributed by atoms with Crippen molar-refractivity contribution in [1.29, 1.82) is 0 Å². The first kappa shape index (κ1) is 22.2. The summed E-state index contributed by atoms with van der Waals surface area (Å²) in [5.41, 5.74) is 1.42. The van der Waals surface area contributed by atoms with E-state index in [0.29, 0.717) is 12.0 Å². The van der Waals surface area contributed by atoms with Gasteiger partial charge >= 0.3 is 0 Å². The smallest absolute Gasteiger partial charge is 0.191 e. The molecule has 142 valence electrons. The van der Waals surface area contributed by atoms with E-state index in [1.165, 1.54) is 12.0 Å². The van der Waals surface area contributed by atoms with Gasteiger partial charge in [-0.15, -0.1) is 24.0 Å². The van der Waals surface area contributed by atoms with Crippen LogP contribution in [0.2, 0.25) is 0 Å². The SMILES string of the molecule is CCNC(=NCCN(C)CCCOC)NC1CC1c1ccccc1.I. The number of guanidine groups is 1. The van der Waals surface area contributed by atoms with Crippen LogP contribution < -0.4 is 10.6 Å². The number of methoxy groups -OCH3 is 1. The van der Waals surface area contributed by atoms with Crippen LogP contribution in [0, 0.1) is 0 Å². The minimum Gasteiger partial charge on any atom is -0.385 e. The molecule has 2 atom stereocenters. The standard InChI is InChI=1S/C19H32N4O.HI/c1-4-20-19(21-11-13-23(2)12-8-14-24-3)22-18-15-17(18)16-9-6-5-7-10-16;/h5-7,9-10,17-18H,4,8,11-15H2,1-3H3,(H2,20,21,22);1H. The van der Waals surface area contributed by atoms with Crippen LogP contribution in [0.5, 0.6) is 0 Å². The van der Waals surface area contributed by atoms with Gasteiger partial charge in [0.05, 0.1) is 6.54 Å². The first-order valence-corrected chi connectivity index (χ1v) is 9.01. The van der Waals surface area contributed by atoms with Crippen LogP contribution in [0.3, 0.4) is 0 Å². The van der Waals surface area contributed by atoms with Crippen LogP contribution in [0.15, 0.2) is 35.3 Å². The Morgan fingerprint density at radius 2 is 2.04 bits per heavy atom. The molecule has 1 fully saturated rings. The summed E-state index contributed by atoms with van der Waals surface area (Å²) in [6.07, 6.45) is 2.25. The van der Waals surface area contributed by atoms with E-state index in [-0.39, 0.29) is 24.0 Å². The molecule has 1 aromatic rings. The Bertz CT molecular complexity index is 497. The van der Waals surface area contributed by atoms with Gasteiger partial charge in [0.1, 0.15) is 0 Å². The Balaban J connectivity index is 0.00000312. The molecule has 0 aliphatic heterocycles. The van der Waals surface area contributed by atoms with Crippen LogP contribution in [0.1, 0.15) is 31.2 Å². The van der Waals surface area contributed by atoms with Gasteiger partial charge in [0.2, 0.25) is 0 Å². The van der Waals surface area contributed by atoms with E-state index in [1.54, 1.807) is 7.11 Å². The zero-order valence-electron chi connectivity index (χ0n) is 15.7. The quantitative estimate of drug-likeness (QED) is 0.244. The van der Waals surface area contributed by atoms with E-state index >= 15 is 0 Å². The molecule has 1 aromatic carbocycles. The second kappa shape index (κ2) is 12.5. The molecule has 0 heterocycles. The molecule has 2 rings (SSSR count). The molecule has 2 unspecified atom stereocenters. The van der Waals surface area contributed by atoms with Gasteiger partial charge in [-0.1, -0.05) is 30.3 Å². The molecule has 0 aromatic heterocycles. The van der Waals surface area contributed by atoms with Crippen LogP contribution in [-0.4, -0.2) is 63.8 Å². The Morgan fingerprint density at radius 1 is 1.28 bits per heavy atom. The van der Waals surface area contributed by atoms with Crippen molar-refractivity contribution in [1.82, 2.24) is 15.5 Å². The van der Waals surface area contributed by atoms with Crippen molar-refractivity contribution in [3.8, 4) is 0 Å². The highest BCUT2D eigenvalue weighted by Crippen LogP contribution is 2.40. The maximum Gasteiger partial charge on any atom is 0.191 e. The molecule has 25 heavy (non-hydrogen) atoms. The molecule has 0 amide bonds. The van der Waals surface area contributed by atoms with Crippen molar-refractivity contribution in [2.45, 2.75) is 31.7 Å². The number of rotatable bonds is 10. The summed E-state index contributed by atoms with van der Waals surface area (Å²) >= 11 is 0. The summed E-state index contributed by atoms with van der Waals surface area (Å²) in [5, 5.41) is 6.92. The zero-order valence-corrected chi connectivity index (χ0v) is 18.0. The maximum atomic E-state index is 5.09. The molecular weight excluding hydrogens is 427 g/mol. The van der Waals surface area contributed by atoms with Crippen molar-refractivity contribution in [3.05, 3.63) is 35.9 Å². The summed E-state index contributed by atoms with van der Waals surface area (Å²) in [5.74, 6) is 1.55. The number of ether oxygens (including phenoxy) is 1. The average molecular weight is 460 g/mol. The number of likely N-dealkylation sites (N-methyl/N-ethyl adjacent to an activating group) is 1. The lowest BCUT2D eigenvalue weighted by Gasteiger charge is -2.16. The monoisotopic (exact) mass is 460 g/mol.